The number of anilines is 1. The number of carboxylic acids is 1. The maximum Gasteiger partial charge on any atom is 0.337 e. The van der Waals surface area contributed by atoms with Crippen LogP contribution in [0.5, 0.6) is 0 Å². The summed E-state index contributed by atoms with van der Waals surface area (Å²) in [4.78, 5) is 11.6. The Bertz CT molecular complexity index is 864. The van der Waals surface area contributed by atoms with E-state index >= 15 is 0 Å². The van der Waals surface area contributed by atoms with Crippen molar-refractivity contribution in [1.29, 1.82) is 0 Å². The number of hydrogen-bond acceptors (Lipinski definition) is 4. The van der Waals surface area contributed by atoms with Gasteiger partial charge < -0.3 is 10.4 Å². The van der Waals surface area contributed by atoms with Crippen molar-refractivity contribution in [2.24, 2.45) is 5.92 Å². The molecule has 2 aromatic rings. The van der Waals surface area contributed by atoms with Gasteiger partial charge in [-0.15, -0.1) is 0 Å². The van der Waals surface area contributed by atoms with Crippen LogP contribution >= 0.6 is 0 Å². The lowest BCUT2D eigenvalue weighted by molar-refractivity contribution is 0.0697. The van der Waals surface area contributed by atoms with Crippen molar-refractivity contribution in [3.8, 4) is 0 Å². The number of nitrogens with one attached hydrogen (secondary N) is 2. The number of sulfonamides is 1. The molecule has 0 unspecified atom stereocenters. The van der Waals surface area contributed by atoms with Gasteiger partial charge in [-0.25, -0.2) is 17.9 Å². The molecule has 0 bridgehead atoms. The summed E-state index contributed by atoms with van der Waals surface area (Å²) in [6.45, 7) is 5.98. The largest absolute Gasteiger partial charge is 0.478 e. The van der Waals surface area contributed by atoms with Crippen LogP contribution in [0, 0.1) is 5.92 Å². The summed E-state index contributed by atoms with van der Waals surface area (Å²) in [6, 6.07) is 13.6. The first-order valence-corrected chi connectivity index (χ1v) is 9.87. The van der Waals surface area contributed by atoms with E-state index in [1.165, 1.54) is 18.2 Å². The Kier molecular flexibility index (Phi) is 6.39. The Hall–Kier alpha value is -2.38. The molecule has 3 N–H and O–H groups in total. The standard InChI is InChI=1S/C19H24N2O4S/c1-13(2)12-20-26(24,25)16-9-10-18(17(11-16)19(22)23)21-14(3)15-7-5-4-6-8-15/h4-11,13-14,20-21H,12H2,1-3H3,(H,22,23)/t14-/m1/s1. The molecule has 0 fully saturated rings. The Balaban J connectivity index is 2.30. The zero-order chi connectivity index (χ0) is 19.3. The van der Waals surface area contributed by atoms with Crippen LogP contribution in [0.25, 0.3) is 0 Å². The molecule has 26 heavy (non-hydrogen) atoms. The zero-order valence-electron chi connectivity index (χ0n) is 15.1. The first-order valence-electron chi connectivity index (χ1n) is 8.39. The lowest BCUT2D eigenvalue weighted by Crippen LogP contribution is -2.27. The van der Waals surface area contributed by atoms with E-state index in [1.807, 2.05) is 51.1 Å². The van der Waals surface area contributed by atoms with Crippen molar-refractivity contribution in [2.45, 2.75) is 31.7 Å². The van der Waals surface area contributed by atoms with Gasteiger partial charge in [0.15, 0.2) is 0 Å². The van der Waals surface area contributed by atoms with Crippen LogP contribution in [0.4, 0.5) is 5.69 Å². The molecule has 140 valence electrons. The highest BCUT2D eigenvalue weighted by Crippen LogP contribution is 2.25. The van der Waals surface area contributed by atoms with Crippen molar-refractivity contribution in [3.63, 3.8) is 0 Å². The summed E-state index contributed by atoms with van der Waals surface area (Å²) in [5, 5.41) is 12.6. The molecule has 0 radical (unpaired) electrons. The molecule has 0 aliphatic heterocycles. The minimum Gasteiger partial charge on any atom is -0.478 e. The van der Waals surface area contributed by atoms with E-state index in [0.717, 1.165) is 5.56 Å². The molecule has 0 aliphatic rings. The summed E-state index contributed by atoms with van der Waals surface area (Å²) >= 11 is 0. The van der Waals surface area contributed by atoms with Crippen LogP contribution in [0.2, 0.25) is 0 Å². The monoisotopic (exact) mass is 376 g/mol. The molecule has 2 rings (SSSR count). The number of carbonyl (C=O) groups is 1. The zero-order valence-corrected chi connectivity index (χ0v) is 15.9. The summed E-state index contributed by atoms with van der Waals surface area (Å²) in [7, 11) is -3.75. The molecular weight excluding hydrogens is 352 g/mol. The van der Waals surface area contributed by atoms with Gasteiger partial charge in [-0.1, -0.05) is 44.2 Å². The van der Waals surface area contributed by atoms with Gasteiger partial charge in [0.25, 0.3) is 0 Å². The quantitative estimate of drug-likeness (QED) is 0.655. The maximum absolute atomic E-state index is 12.3. The number of aromatic carboxylic acids is 1. The SMILES string of the molecule is CC(C)CNS(=O)(=O)c1ccc(N[C@H](C)c2ccccc2)c(C(=O)O)c1. The Labute approximate surface area is 154 Å². The van der Waals surface area contributed by atoms with Crippen LogP contribution in [0.15, 0.2) is 53.4 Å². The van der Waals surface area contributed by atoms with Gasteiger partial charge in [0.05, 0.1) is 10.5 Å². The number of carboxylic acid groups (broad SMARTS) is 1. The Morgan fingerprint density at radius 1 is 1.08 bits per heavy atom. The molecule has 0 spiro atoms. The van der Waals surface area contributed by atoms with Crippen molar-refractivity contribution in [2.75, 3.05) is 11.9 Å². The van der Waals surface area contributed by atoms with Gasteiger partial charge in [0.1, 0.15) is 0 Å². The fraction of sp³-hybridized carbons (Fsp3) is 0.316. The number of hydrogen-bond donors (Lipinski definition) is 3. The van der Waals surface area contributed by atoms with Crippen LogP contribution < -0.4 is 10.0 Å². The van der Waals surface area contributed by atoms with Gasteiger partial charge in [-0.05, 0) is 36.6 Å². The summed E-state index contributed by atoms with van der Waals surface area (Å²) in [5.74, 6) is -1.04. The second kappa shape index (κ2) is 8.33. The van der Waals surface area contributed by atoms with Crippen molar-refractivity contribution >= 4 is 21.7 Å². The van der Waals surface area contributed by atoms with E-state index in [9.17, 15) is 18.3 Å². The average molecular weight is 376 g/mol. The molecule has 6 nitrogen and oxygen atoms in total. The molecule has 0 saturated carbocycles. The van der Waals surface area contributed by atoms with E-state index in [0.29, 0.717) is 5.69 Å². The molecule has 0 aromatic heterocycles. The molecule has 1 atom stereocenters. The predicted molar refractivity (Wildman–Crippen MR) is 102 cm³/mol. The predicted octanol–water partition coefficient (Wildman–Crippen LogP) is 3.49. The van der Waals surface area contributed by atoms with E-state index < -0.39 is 16.0 Å². The molecule has 0 amide bonds. The van der Waals surface area contributed by atoms with E-state index in [4.69, 9.17) is 0 Å². The van der Waals surface area contributed by atoms with Crippen molar-refractivity contribution in [3.05, 3.63) is 59.7 Å². The molecular formula is C19H24N2O4S. The fourth-order valence-electron chi connectivity index (χ4n) is 2.41. The van der Waals surface area contributed by atoms with E-state index in [-0.39, 0.29) is 29.0 Å². The molecule has 0 aliphatic carbocycles. The lowest BCUT2D eigenvalue weighted by atomic mass is 10.1. The Morgan fingerprint density at radius 3 is 2.31 bits per heavy atom. The highest BCUT2D eigenvalue weighted by Gasteiger charge is 2.20. The maximum atomic E-state index is 12.3. The van der Waals surface area contributed by atoms with E-state index in [2.05, 4.69) is 10.0 Å². The van der Waals surface area contributed by atoms with E-state index in [1.54, 1.807) is 0 Å². The van der Waals surface area contributed by atoms with Gasteiger partial charge in [-0.2, -0.15) is 0 Å². The Morgan fingerprint density at radius 2 is 1.73 bits per heavy atom. The van der Waals surface area contributed by atoms with Gasteiger partial charge in [0, 0.05) is 18.3 Å². The molecule has 2 aromatic carbocycles. The molecule has 0 heterocycles. The van der Waals surface area contributed by atoms with Crippen molar-refractivity contribution in [1.82, 2.24) is 4.72 Å². The summed E-state index contributed by atoms with van der Waals surface area (Å²) < 4.78 is 27.2. The summed E-state index contributed by atoms with van der Waals surface area (Å²) in [5.41, 5.74) is 1.29. The minimum absolute atomic E-state index is 0.0616. The van der Waals surface area contributed by atoms with Crippen molar-refractivity contribution < 1.29 is 18.3 Å². The molecule has 0 saturated heterocycles. The molecule has 7 heteroatoms. The summed E-state index contributed by atoms with van der Waals surface area (Å²) in [6.07, 6.45) is 0. The van der Waals surface area contributed by atoms with Gasteiger partial charge in [0.2, 0.25) is 10.0 Å². The topological polar surface area (TPSA) is 95.5 Å². The second-order valence-electron chi connectivity index (χ2n) is 6.53. The second-order valence-corrected chi connectivity index (χ2v) is 8.30. The number of benzene rings is 2. The number of rotatable bonds is 8. The van der Waals surface area contributed by atoms with Gasteiger partial charge in [-0.3, -0.25) is 0 Å². The van der Waals surface area contributed by atoms with Crippen LogP contribution in [0.1, 0.15) is 42.7 Å². The van der Waals surface area contributed by atoms with Gasteiger partial charge >= 0.3 is 5.97 Å². The fourth-order valence-corrected chi connectivity index (χ4v) is 3.65. The third-order valence-corrected chi connectivity index (χ3v) is 5.31. The highest BCUT2D eigenvalue weighted by molar-refractivity contribution is 7.89. The smallest absolute Gasteiger partial charge is 0.337 e. The third kappa shape index (κ3) is 5.06. The third-order valence-electron chi connectivity index (χ3n) is 3.88. The normalized spacial score (nSPS) is 12.8. The average Bonchev–Trinajstić information content (AvgIpc) is 2.60. The highest BCUT2D eigenvalue weighted by atomic mass is 32.2. The minimum atomic E-state index is -3.75. The first kappa shape index (κ1) is 19.9. The van der Waals surface area contributed by atoms with Crippen LogP contribution in [-0.4, -0.2) is 26.0 Å². The van der Waals surface area contributed by atoms with Crippen LogP contribution in [0.3, 0.4) is 0 Å². The first-order chi connectivity index (χ1) is 12.2. The lowest BCUT2D eigenvalue weighted by Gasteiger charge is -2.18. The van der Waals surface area contributed by atoms with Crippen LogP contribution in [-0.2, 0) is 10.0 Å².